The predicted octanol–water partition coefficient (Wildman–Crippen LogP) is 2.49. The number of ether oxygens (including phenoxy) is 1. The summed E-state index contributed by atoms with van der Waals surface area (Å²) in [6.07, 6.45) is 3.45. The third-order valence-electron chi connectivity index (χ3n) is 3.78. The van der Waals surface area contributed by atoms with E-state index in [1.807, 2.05) is 32.0 Å². The molecule has 0 spiro atoms. The number of hydrogen-bond donors (Lipinski definition) is 2. The second-order valence-electron chi connectivity index (χ2n) is 5.35. The third-order valence-corrected chi connectivity index (χ3v) is 3.78. The van der Waals surface area contributed by atoms with Crippen LogP contribution in [0.3, 0.4) is 0 Å². The van der Waals surface area contributed by atoms with Crippen LogP contribution in [-0.4, -0.2) is 29.5 Å². The molecular weight excluding hydrogens is 268 g/mol. The van der Waals surface area contributed by atoms with Crippen LogP contribution in [0.15, 0.2) is 23.4 Å². The van der Waals surface area contributed by atoms with Gasteiger partial charge in [-0.25, -0.2) is 0 Å². The maximum Gasteiger partial charge on any atom is 0.258 e. The summed E-state index contributed by atoms with van der Waals surface area (Å²) in [6.45, 7) is 3.99. The van der Waals surface area contributed by atoms with Crippen LogP contribution in [0, 0.1) is 0 Å². The molecule has 0 fully saturated rings. The van der Waals surface area contributed by atoms with Crippen LogP contribution in [-0.2, 0) is 11.2 Å². The van der Waals surface area contributed by atoms with E-state index >= 15 is 0 Å². The van der Waals surface area contributed by atoms with Crippen LogP contribution >= 0.6 is 0 Å². The van der Waals surface area contributed by atoms with Crippen LogP contribution < -0.4 is 10.1 Å². The molecule has 114 valence electrons. The lowest BCUT2D eigenvalue weighted by atomic mass is 9.89. The van der Waals surface area contributed by atoms with E-state index in [2.05, 4.69) is 10.5 Å². The number of oxime groups is 1. The van der Waals surface area contributed by atoms with Crippen LogP contribution in [0.1, 0.15) is 44.2 Å². The summed E-state index contributed by atoms with van der Waals surface area (Å²) in [5.41, 5.74) is 2.63. The van der Waals surface area contributed by atoms with Gasteiger partial charge in [0, 0.05) is 17.2 Å². The summed E-state index contributed by atoms with van der Waals surface area (Å²) in [5.74, 6) is 0.585. The van der Waals surface area contributed by atoms with E-state index in [1.54, 1.807) is 0 Å². The van der Waals surface area contributed by atoms with Crippen molar-refractivity contribution in [1.82, 2.24) is 5.32 Å². The van der Waals surface area contributed by atoms with Crippen molar-refractivity contribution in [2.45, 2.75) is 45.6 Å². The number of carbonyl (C=O) groups is 1. The van der Waals surface area contributed by atoms with Crippen molar-refractivity contribution in [3.63, 3.8) is 0 Å². The average molecular weight is 290 g/mol. The topological polar surface area (TPSA) is 70.9 Å². The largest absolute Gasteiger partial charge is 0.483 e. The van der Waals surface area contributed by atoms with Crippen molar-refractivity contribution in [1.29, 1.82) is 0 Å². The fourth-order valence-electron chi connectivity index (χ4n) is 2.46. The number of nitrogens with one attached hydrogen (secondary N) is 1. The first-order chi connectivity index (χ1) is 10.2. The van der Waals surface area contributed by atoms with E-state index < -0.39 is 0 Å². The lowest BCUT2D eigenvalue weighted by Gasteiger charge is -2.20. The molecule has 0 radical (unpaired) electrons. The Morgan fingerprint density at radius 3 is 3.00 bits per heavy atom. The van der Waals surface area contributed by atoms with E-state index in [-0.39, 0.29) is 18.6 Å². The molecule has 1 unspecified atom stereocenters. The quantitative estimate of drug-likeness (QED) is 0.646. The molecule has 21 heavy (non-hydrogen) atoms. The minimum Gasteiger partial charge on any atom is -0.483 e. The molecule has 1 aliphatic rings. The fraction of sp³-hybridized carbons (Fsp3) is 0.500. The van der Waals surface area contributed by atoms with Gasteiger partial charge < -0.3 is 15.3 Å². The van der Waals surface area contributed by atoms with Crippen LogP contribution in [0.5, 0.6) is 5.75 Å². The zero-order chi connectivity index (χ0) is 15.2. The normalized spacial score (nSPS) is 17.1. The van der Waals surface area contributed by atoms with Gasteiger partial charge in [0.15, 0.2) is 6.61 Å². The maximum absolute atomic E-state index is 11.8. The smallest absolute Gasteiger partial charge is 0.258 e. The minimum absolute atomic E-state index is 0.00634. The highest BCUT2D eigenvalue weighted by molar-refractivity contribution is 6.02. The molecule has 0 heterocycles. The Labute approximate surface area is 125 Å². The number of hydrogen-bond acceptors (Lipinski definition) is 4. The van der Waals surface area contributed by atoms with Gasteiger partial charge in [-0.3, -0.25) is 4.79 Å². The number of nitrogens with zero attached hydrogens (tertiary/aromatic N) is 1. The SMILES string of the molecule is CCC(C)NC(=O)COc1cccc2c1CCCC2=NO. The van der Waals surface area contributed by atoms with E-state index in [4.69, 9.17) is 9.94 Å². The highest BCUT2D eigenvalue weighted by Crippen LogP contribution is 2.29. The molecule has 5 heteroatoms. The maximum atomic E-state index is 11.8. The van der Waals surface area contributed by atoms with Crippen molar-refractivity contribution in [2.75, 3.05) is 6.61 Å². The van der Waals surface area contributed by atoms with Gasteiger partial charge in [0.2, 0.25) is 0 Å². The zero-order valence-corrected chi connectivity index (χ0v) is 12.6. The first-order valence-corrected chi connectivity index (χ1v) is 7.41. The molecule has 1 aliphatic carbocycles. The van der Waals surface area contributed by atoms with E-state index in [9.17, 15) is 4.79 Å². The van der Waals surface area contributed by atoms with Gasteiger partial charge in [-0.1, -0.05) is 24.2 Å². The molecule has 2 rings (SSSR count). The van der Waals surface area contributed by atoms with Gasteiger partial charge in [0.25, 0.3) is 5.91 Å². The Bertz CT molecular complexity index is 540. The van der Waals surface area contributed by atoms with Gasteiger partial charge in [-0.2, -0.15) is 0 Å². The molecule has 1 aromatic rings. The zero-order valence-electron chi connectivity index (χ0n) is 12.6. The Morgan fingerprint density at radius 1 is 1.48 bits per heavy atom. The summed E-state index contributed by atoms with van der Waals surface area (Å²) in [6, 6.07) is 5.79. The second kappa shape index (κ2) is 7.11. The number of rotatable bonds is 5. The van der Waals surface area contributed by atoms with Crippen molar-refractivity contribution < 1.29 is 14.7 Å². The summed E-state index contributed by atoms with van der Waals surface area (Å²) < 4.78 is 5.66. The molecule has 1 aromatic carbocycles. The van der Waals surface area contributed by atoms with Crippen LogP contribution in [0.25, 0.3) is 0 Å². The van der Waals surface area contributed by atoms with E-state index in [0.29, 0.717) is 11.5 Å². The molecule has 1 atom stereocenters. The molecule has 5 nitrogen and oxygen atoms in total. The standard InChI is InChI=1S/C16H22N2O3/c1-3-11(2)17-16(19)10-21-15-9-5-6-12-13(15)7-4-8-14(12)18-20/h5-6,9,11,20H,3-4,7-8,10H2,1-2H3,(H,17,19). The highest BCUT2D eigenvalue weighted by atomic mass is 16.5. The number of benzene rings is 1. The average Bonchev–Trinajstić information content (AvgIpc) is 2.52. The van der Waals surface area contributed by atoms with Crippen molar-refractivity contribution >= 4 is 11.6 Å². The monoisotopic (exact) mass is 290 g/mol. The number of amides is 1. The summed E-state index contributed by atoms with van der Waals surface area (Å²) in [4.78, 5) is 11.8. The molecule has 0 saturated carbocycles. The Morgan fingerprint density at radius 2 is 2.29 bits per heavy atom. The van der Waals surface area contributed by atoms with Crippen molar-refractivity contribution in [2.24, 2.45) is 5.16 Å². The molecular formula is C16H22N2O3. The summed E-state index contributed by atoms with van der Waals surface area (Å²) in [5, 5.41) is 15.3. The van der Waals surface area contributed by atoms with Crippen molar-refractivity contribution in [3.05, 3.63) is 29.3 Å². The van der Waals surface area contributed by atoms with Gasteiger partial charge in [0.1, 0.15) is 5.75 Å². The van der Waals surface area contributed by atoms with Gasteiger partial charge in [-0.05, 0) is 38.7 Å². The summed E-state index contributed by atoms with van der Waals surface area (Å²) >= 11 is 0. The Balaban J connectivity index is 2.06. The lowest BCUT2D eigenvalue weighted by Crippen LogP contribution is -2.35. The number of carbonyl (C=O) groups excluding carboxylic acids is 1. The van der Waals surface area contributed by atoms with Crippen molar-refractivity contribution in [3.8, 4) is 5.75 Å². The first kappa shape index (κ1) is 15.4. The van der Waals surface area contributed by atoms with Crippen LogP contribution in [0.2, 0.25) is 0 Å². The molecule has 2 N–H and O–H groups in total. The minimum atomic E-state index is -0.117. The van der Waals surface area contributed by atoms with Gasteiger partial charge in [0.05, 0.1) is 5.71 Å². The molecule has 0 aliphatic heterocycles. The molecule has 0 saturated heterocycles. The van der Waals surface area contributed by atoms with Gasteiger partial charge in [-0.15, -0.1) is 0 Å². The summed E-state index contributed by atoms with van der Waals surface area (Å²) in [7, 11) is 0. The second-order valence-corrected chi connectivity index (χ2v) is 5.35. The number of fused-ring (bicyclic) bond motifs is 1. The van der Waals surface area contributed by atoms with E-state index in [0.717, 1.165) is 36.8 Å². The molecule has 1 amide bonds. The lowest BCUT2D eigenvalue weighted by molar-refractivity contribution is -0.123. The fourth-order valence-corrected chi connectivity index (χ4v) is 2.46. The molecule has 0 aromatic heterocycles. The first-order valence-electron chi connectivity index (χ1n) is 7.41. The Kier molecular flexibility index (Phi) is 5.20. The third kappa shape index (κ3) is 3.74. The predicted molar refractivity (Wildman–Crippen MR) is 81.1 cm³/mol. The van der Waals surface area contributed by atoms with Crippen LogP contribution in [0.4, 0.5) is 0 Å². The molecule has 0 bridgehead atoms. The highest BCUT2D eigenvalue weighted by Gasteiger charge is 2.20. The van der Waals surface area contributed by atoms with E-state index in [1.165, 1.54) is 0 Å². The van der Waals surface area contributed by atoms with Gasteiger partial charge >= 0.3 is 0 Å². The Hall–Kier alpha value is -2.04.